The maximum atomic E-state index is 12.2. The summed E-state index contributed by atoms with van der Waals surface area (Å²) < 4.78 is 16.7. The molecule has 7 nitrogen and oxygen atoms in total. The first-order valence-corrected chi connectivity index (χ1v) is 12.6. The van der Waals surface area contributed by atoms with E-state index in [1.807, 2.05) is 36.4 Å². The molecule has 1 N–H and O–H groups in total. The molecule has 2 aromatic heterocycles. The number of benzene rings is 1. The number of carbonyl (C=O) groups is 1. The van der Waals surface area contributed by atoms with Crippen LogP contribution in [-0.4, -0.2) is 23.6 Å². The van der Waals surface area contributed by atoms with Gasteiger partial charge < -0.3 is 19.2 Å². The first-order chi connectivity index (χ1) is 17.4. The number of fused-ring (bicyclic) bond motifs is 3. The summed E-state index contributed by atoms with van der Waals surface area (Å²) in [6.45, 7) is 7.23. The normalized spacial score (nSPS) is 19.6. The zero-order valence-electron chi connectivity index (χ0n) is 21.0. The van der Waals surface area contributed by atoms with Crippen LogP contribution in [0.15, 0.2) is 51.2 Å². The lowest BCUT2D eigenvalue weighted by Gasteiger charge is -2.37. The number of pyridine rings is 1. The van der Waals surface area contributed by atoms with E-state index in [2.05, 4.69) is 23.3 Å². The summed E-state index contributed by atoms with van der Waals surface area (Å²) in [5.41, 5.74) is 4.20. The highest BCUT2D eigenvalue weighted by Crippen LogP contribution is 2.40. The molecule has 3 aromatic rings. The molecular formula is C29H32N2O5. The first kappa shape index (κ1) is 24.3. The van der Waals surface area contributed by atoms with Gasteiger partial charge in [0, 0.05) is 24.9 Å². The Morgan fingerprint density at radius 1 is 1.28 bits per heavy atom. The summed E-state index contributed by atoms with van der Waals surface area (Å²) in [7, 11) is 0. The number of aryl methyl sites for hydroxylation is 1. The van der Waals surface area contributed by atoms with Crippen molar-refractivity contribution >= 4 is 22.9 Å². The molecule has 3 atom stereocenters. The molecular weight excluding hydrogens is 456 g/mol. The van der Waals surface area contributed by atoms with Gasteiger partial charge in [0.2, 0.25) is 0 Å². The average molecular weight is 489 g/mol. The van der Waals surface area contributed by atoms with Crippen molar-refractivity contribution in [2.75, 3.05) is 6.54 Å². The van der Waals surface area contributed by atoms with Crippen molar-refractivity contribution in [1.29, 1.82) is 0 Å². The summed E-state index contributed by atoms with van der Waals surface area (Å²) in [6, 6.07) is 11.9. The first-order valence-electron chi connectivity index (χ1n) is 12.6. The topological polar surface area (TPSA) is 90.7 Å². The number of hydrogen-bond acceptors (Lipinski definition) is 7. The number of nitrogens with one attached hydrogen (secondary N) is 1. The van der Waals surface area contributed by atoms with Gasteiger partial charge in [-0.2, -0.15) is 0 Å². The number of ether oxygens (including phenoxy) is 2. The van der Waals surface area contributed by atoms with Gasteiger partial charge in [-0.15, -0.1) is 0 Å². The van der Waals surface area contributed by atoms with E-state index in [0.717, 1.165) is 48.0 Å². The number of esters is 1. The number of carbonyl (C=O) groups excluding carboxylic acids is 1. The minimum atomic E-state index is -0.324. The molecule has 188 valence electrons. The van der Waals surface area contributed by atoms with Crippen molar-refractivity contribution in [2.24, 2.45) is 11.8 Å². The fourth-order valence-electron chi connectivity index (χ4n) is 5.33. The van der Waals surface area contributed by atoms with Crippen molar-refractivity contribution in [3.05, 3.63) is 75.0 Å². The second kappa shape index (κ2) is 10.3. The highest BCUT2D eigenvalue weighted by atomic mass is 16.5. The zero-order chi connectivity index (χ0) is 25.2. The molecule has 1 unspecified atom stereocenters. The predicted octanol–water partition coefficient (Wildman–Crippen LogP) is 4.93. The minimum absolute atomic E-state index is 0.0212. The molecule has 1 fully saturated rings. The second-order valence-electron chi connectivity index (χ2n) is 9.96. The summed E-state index contributed by atoms with van der Waals surface area (Å²) in [5, 5.41) is 4.74. The molecule has 2 aliphatic rings. The standard InChI is InChI=1S/C29H32N2O5/c1-17(20-8-9-21-12-25-28(36-27(21)13-20)10-18(2)35-29(25)33)14-30-15-22-11-23(16-34-19(3)32)31-26-7-5-4-6-24(22)26/h4-7,10-12,17,20,27,30H,8-9,13-16H2,1-3H3/t17?,20-,27-/m0/s1. The summed E-state index contributed by atoms with van der Waals surface area (Å²) in [6.07, 6.45) is 4.95. The Balaban J connectivity index is 1.22. The predicted molar refractivity (Wildman–Crippen MR) is 138 cm³/mol. The Morgan fingerprint density at radius 3 is 2.94 bits per heavy atom. The van der Waals surface area contributed by atoms with Gasteiger partial charge in [-0.25, -0.2) is 9.78 Å². The van der Waals surface area contributed by atoms with Crippen LogP contribution >= 0.6 is 0 Å². The van der Waals surface area contributed by atoms with Crippen molar-refractivity contribution in [3.63, 3.8) is 0 Å². The molecule has 0 radical (unpaired) electrons. The minimum Gasteiger partial charge on any atom is -0.485 e. The number of hydrogen-bond donors (Lipinski definition) is 1. The number of rotatable bonds is 7. The van der Waals surface area contributed by atoms with Crippen LogP contribution in [0.3, 0.4) is 0 Å². The Kier molecular flexibility index (Phi) is 6.92. The van der Waals surface area contributed by atoms with Crippen molar-refractivity contribution in [3.8, 4) is 5.75 Å². The van der Waals surface area contributed by atoms with Crippen LogP contribution in [0.2, 0.25) is 0 Å². The Hall–Kier alpha value is -3.45. The van der Waals surface area contributed by atoms with E-state index in [-0.39, 0.29) is 24.3 Å². The molecule has 3 heterocycles. The van der Waals surface area contributed by atoms with E-state index in [1.165, 1.54) is 12.5 Å². The van der Waals surface area contributed by atoms with Crippen LogP contribution in [0.25, 0.3) is 17.0 Å². The molecule has 1 aliphatic carbocycles. The third-order valence-corrected chi connectivity index (χ3v) is 7.27. The maximum Gasteiger partial charge on any atom is 0.346 e. The van der Waals surface area contributed by atoms with Crippen LogP contribution in [0.1, 0.15) is 55.7 Å². The van der Waals surface area contributed by atoms with Gasteiger partial charge in [0.15, 0.2) is 0 Å². The molecule has 36 heavy (non-hydrogen) atoms. The Morgan fingerprint density at radius 2 is 2.11 bits per heavy atom. The van der Waals surface area contributed by atoms with Gasteiger partial charge in [-0.05, 0) is 73.9 Å². The lowest BCUT2D eigenvalue weighted by molar-refractivity contribution is -0.142. The molecule has 5 rings (SSSR count). The summed E-state index contributed by atoms with van der Waals surface area (Å²) in [5.74, 6) is 1.88. The molecule has 0 bridgehead atoms. The fourth-order valence-corrected chi connectivity index (χ4v) is 5.33. The summed E-state index contributed by atoms with van der Waals surface area (Å²) >= 11 is 0. The lowest BCUT2D eigenvalue weighted by atomic mass is 9.76. The summed E-state index contributed by atoms with van der Waals surface area (Å²) in [4.78, 5) is 28.1. The average Bonchev–Trinajstić information content (AvgIpc) is 2.86. The van der Waals surface area contributed by atoms with E-state index in [1.54, 1.807) is 6.92 Å². The molecule has 0 spiro atoms. The van der Waals surface area contributed by atoms with E-state index in [4.69, 9.17) is 13.9 Å². The number of nitrogens with zero attached hydrogens (tertiary/aromatic N) is 1. The SMILES string of the molecule is CC(=O)OCc1cc(CNCC(C)[C@H]2CCC3=Cc4c(cc(C)oc4=O)O[C@H]3C2)c2ccccc2n1. The quantitative estimate of drug-likeness (QED) is 0.472. The van der Waals surface area contributed by atoms with Crippen LogP contribution in [0.5, 0.6) is 5.75 Å². The fraction of sp³-hybridized carbons (Fsp3) is 0.414. The maximum absolute atomic E-state index is 12.2. The molecule has 0 amide bonds. The number of aromatic nitrogens is 1. The lowest BCUT2D eigenvalue weighted by Crippen LogP contribution is -2.36. The molecule has 1 aromatic carbocycles. The largest absolute Gasteiger partial charge is 0.485 e. The Bertz CT molecular complexity index is 1380. The highest BCUT2D eigenvalue weighted by molar-refractivity contribution is 5.82. The van der Waals surface area contributed by atoms with E-state index in [9.17, 15) is 9.59 Å². The van der Waals surface area contributed by atoms with E-state index in [0.29, 0.717) is 35.5 Å². The van der Waals surface area contributed by atoms with Gasteiger partial charge in [0.1, 0.15) is 29.8 Å². The molecule has 1 aliphatic heterocycles. The van der Waals surface area contributed by atoms with Crippen LogP contribution in [-0.2, 0) is 22.7 Å². The van der Waals surface area contributed by atoms with Gasteiger partial charge in [0.05, 0.1) is 11.2 Å². The van der Waals surface area contributed by atoms with Crippen LogP contribution in [0, 0.1) is 18.8 Å². The van der Waals surface area contributed by atoms with Crippen molar-refractivity contribution in [1.82, 2.24) is 10.3 Å². The highest BCUT2D eigenvalue weighted by Gasteiger charge is 2.33. The number of para-hydroxylation sites is 1. The smallest absolute Gasteiger partial charge is 0.346 e. The van der Waals surface area contributed by atoms with E-state index >= 15 is 0 Å². The van der Waals surface area contributed by atoms with Crippen molar-refractivity contribution in [2.45, 2.75) is 59.3 Å². The van der Waals surface area contributed by atoms with Gasteiger partial charge in [-0.3, -0.25) is 4.79 Å². The molecule has 7 heteroatoms. The third kappa shape index (κ3) is 5.21. The second-order valence-corrected chi connectivity index (χ2v) is 9.96. The molecule has 1 saturated carbocycles. The molecule has 0 saturated heterocycles. The zero-order valence-corrected chi connectivity index (χ0v) is 21.0. The Labute approximate surface area is 210 Å². The van der Waals surface area contributed by atoms with Gasteiger partial charge in [-0.1, -0.05) is 25.1 Å². The van der Waals surface area contributed by atoms with Crippen molar-refractivity contribution < 1.29 is 18.7 Å². The monoisotopic (exact) mass is 488 g/mol. The third-order valence-electron chi connectivity index (χ3n) is 7.27. The van der Waals surface area contributed by atoms with Gasteiger partial charge >= 0.3 is 11.6 Å². The van der Waals surface area contributed by atoms with Gasteiger partial charge in [0.25, 0.3) is 0 Å². The van der Waals surface area contributed by atoms with E-state index < -0.39 is 0 Å². The van der Waals surface area contributed by atoms with Crippen LogP contribution < -0.4 is 15.7 Å². The van der Waals surface area contributed by atoms with Crippen LogP contribution in [0.4, 0.5) is 0 Å².